The zero-order chi connectivity index (χ0) is 32.2. The second kappa shape index (κ2) is 37.2. The molecular formula is C26H50BrK2N3O12. The third kappa shape index (κ3) is 30.7. The van der Waals surface area contributed by atoms with Gasteiger partial charge in [-0.05, 0) is 34.6 Å². The predicted octanol–water partition coefficient (Wildman–Crippen LogP) is -6.44. The first-order valence-corrected chi connectivity index (χ1v) is 14.8. The molecule has 0 aliphatic carbocycles. The average Bonchev–Trinajstić information content (AvgIpc) is 3.03. The number of carboxylic acids is 1. The molecule has 0 amide bonds. The molecule has 3 atom stereocenters. The second-order valence-corrected chi connectivity index (χ2v) is 10.0. The smallest absolute Gasteiger partial charge is 1.00 e. The summed E-state index contributed by atoms with van der Waals surface area (Å²) in [7, 11) is 0. The van der Waals surface area contributed by atoms with Gasteiger partial charge in [0.25, 0.3) is 6.47 Å². The Morgan fingerprint density at radius 2 is 1.20 bits per heavy atom. The number of ether oxygens (including phenoxy) is 5. The Bertz CT molecular complexity index is 697. The molecule has 3 heterocycles. The van der Waals surface area contributed by atoms with E-state index in [1.807, 2.05) is 18.7 Å². The second-order valence-electron chi connectivity index (χ2n) is 8.66. The van der Waals surface area contributed by atoms with Crippen LogP contribution in [0.4, 0.5) is 0 Å². The van der Waals surface area contributed by atoms with Crippen molar-refractivity contribution in [3.05, 3.63) is 0 Å². The molecule has 3 rings (SSSR count). The maximum atomic E-state index is 11.3. The van der Waals surface area contributed by atoms with Crippen molar-refractivity contribution in [3.63, 3.8) is 0 Å². The quantitative estimate of drug-likeness (QED) is 0.0595. The fraction of sp³-hybridized carbons (Fsp3) is 0.846. The van der Waals surface area contributed by atoms with E-state index in [-0.39, 0.29) is 140 Å². The Kier molecular flexibility index (Phi) is 44.1. The van der Waals surface area contributed by atoms with Gasteiger partial charge in [-0.15, -0.1) is 0 Å². The molecule has 15 nitrogen and oxygen atoms in total. The van der Waals surface area contributed by atoms with Gasteiger partial charge in [-0.1, -0.05) is 15.9 Å². The predicted molar refractivity (Wildman–Crippen MR) is 155 cm³/mol. The van der Waals surface area contributed by atoms with Crippen LogP contribution in [0.5, 0.6) is 0 Å². The topological polar surface area (TPSA) is 185 Å². The molecule has 2 N–H and O–H groups in total. The number of hydrogen-bond acceptors (Lipinski definition) is 14. The number of hydrogen-bond donors (Lipinski definition) is 2. The molecule has 3 aliphatic rings. The first kappa shape index (κ1) is 52.2. The number of halogens is 1. The molecule has 0 radical (unpaired) electrons. The zero-order valence-corrected chi connectivity index (χ0v) is 35.3. The van der Waals surface area contributed by atoms with Crippen molar-refractivity contribution in [2.75, 3.05) is 92.1 Å². The fourth-order valence-electron chi connectivity index (χ4n) is 3.27. The minimum Gasteiger partial charge on any atom is -1.00 e. The van der Waals surface area contributed by atoms with Gasteiger partial charge in [-0.3, -0.25) is 29.0 Å². The van der Waals surface area contributed by atoms with Gasteiger partial charge in [0, 0.05) is 39.3 Å². The number of carbonyl (C=O) groups is 4. The Morgan fingerprint density at radius 3 is 1.45 bits per heavy atom. The van der Waals surface area contributed by atoms with E-state index in [9.17, 15) is 14.4 Å². The molecule has 18 heteroatoms. The third-order valence-corrected chi connectivity index (χ3v) is 6.04. The molecule has 0 aromatic rings. The van der Waals surface area contributed by atoms with Crippen LogP contribution < -0.4 is 113 Å². The van der Waals surface area contributed by atoms with Crippen molar-refractivity contribution >= 4 is 40.3 Å². The van der Waals surface area contributed by atoms with Gasteiger partial charge in [-0.25, -0.2) is 0 Å². The Hall–Kier alpha value is 1.35. The van der Waals surface area contributed by atoms with Crippen molar-refractivity contribution in [2.24, 2.45) is 0 Å². The van der Waals surface area contributed by atoms with Gasteiger partial charge in [0.15, 0.2) is 0 Å². The molecule has 0 bridgehead atoms. The maximum absolute atomic E-state index is 11.3. The third-order valence-electron chi connectivity index (χ3n) is 5.67. The number of carbonyl (C=O) groups excluding carboxylic acids is 3. The van der Waals surface area contributed by atoms with Crippen molar-refractivity contribution in [1.29, 1.82) is 0 Å². The van der Waals surface area contributed by atoms with Gasteiger partial charge in [0.1, 0.15) is 16.9 Å². The molecule has 0 aromatic carbocycles. The Labute approximate surface area is 356 Å². The summed E-state index contributed by atoms with van der Waals surface area (Å²) in [5, 5.41) is 20.2. The number of rotatable bonds is 8. The molecule has 250 valence electrons. The normalized spacial score (nSPS) is 18.1. The van der Waals surface area contributed by atoms with E-state index >= 15 is 0 Å². The summed E-state index contributed by atoms with van der Waals surface area (Å²) in [5.74, 6) is -1.09. The molecule has 3 unspecified atom stereocenters. The molecule has 44 heavy (non-hydrogen) atoms. The van der Waals surface area contributed by atoms with Crippen LogP contribution in [0, 0.1) is 0 Å². The number of alkyl halides is 1. The van der Waals surface area contributed by atoms with Crippen molar-refractivity contribution < 1.29 is 162 Å². The number of esters is 2. The summed E-state index contributed by atoms with van der Waals surface area (Å²) in [6.45, 7) is 19.3. The minimum absolute atomic E-state index is 0. The number of carboxylic acid groups (broad SMARTS) is 1. The van der Waals surface area contributed by atoms with Gasteiger partial charge in [0.05, 0.1) is 52.9 Å². The average molecular weight is 755 g/mol. The van der Waals surface area contributed by atoms with E-state index in [4.69, 9.17) is 34.1 Å². The van der Waals surface area contributed by atoms with Crippen LogP contribution in [0.25, 0.3) is 0 Å². The first-order chi connectivity index (χ1) is 20.1. The van der Waals surface area contributed by atoms with E-state index in [0.717, 1.165) is 52.5 Å². The summed E-state index contributed by atoms with van der Waals surface area (Å²) in [6, 6.07) is -0.511. The molecule has 0 aromatic heterocycles. The summed E-state index contributed by atoms with van der Waals surface area (Å²) in [5.41, 5.74) is 0. The number of morpholine rings is 3. The summed E-state index contributed by atoms with van der Waals surface area (Å²) in [6.07, 6.45) is 0. The van der Waals surface area contributed by atoms with Crippen LogP contribution in [0.15, 0.2) is 0 Å². The first-order valence-electron chi connectivity index (χ1n) is 13.9. The molecule has 0 saturated carbocycles. The van der Waals surface area contributed by atoms with Gasteiger partial charge < -0.3 is 45.7 Å². The fourth-order valence-corrected chi connectivity index (χ4v) is 3.40. The molecule has 0 spiro atoms. The van der Waals surface area contributed by atoms with Crippen molar-refractivity contribution in [1.82, 2.24) is 15.1 Å². The number of aliphatic carboxylic acids is 1. The van der Waals surface area contributed by atoms with E-state index in [0.29, 0.717) is 39.6 Å². The van der Waals surface area contributed by atoms with Crippen molar-refractivity contribution in [2.45, 2.75) is 51.5 Å². The van der Waals surface area contributed by atoms with Crippen LogP contribution in [-0.4, -0.2) is 148 Å². The number of nitrogens with one attached hydrogen (secondary N) is 1. The van der Waals surface area contributed by atoms with Crippen LogP contribution in [0.3, 0.4) is 0 Å². The summed E-state index contributed by atoms with van der Waals surface area (Å²) in [4.78, 5) is 47.4. The maximum Gasteiger partial charge on any atom is 1.00 e. The van der Waals surface area contributed by atoms with Crippen LogP contribution in [-0.2, 0) is 47.8 Å². The van der Waals surface area contributed by atoms with Gasteiger partial charge >= 0.3 is 121 Å². The van der Waals surface area contributed by atoms with Crippen LogP contribution >= 0.6 is 15.9 Å². The van der Waals surface area contributed by atoms with E-state index in [1.165, 1.54) is 0 Å². The molecule has 3 fully saturated rings. The largest absolute Gasteiger partial charge is 1.00 e. The standard InChI is InChI=1S/C9H17NO3.C7H13NO3.C5H9BrO2.C4H9NO.CH2O3.2K.H/c1-3-13-9(11)8(2)10-4-6-12-7-5-10;1-6(7(9)10)8-2-4-11-5-3-8;1-3-8-5(7)4(2)6;1-3-6-4-2-5-1;2-1-4-3;;;/h8H,3-7H2,1-2H3;6H,2-5H2,1H3,(H,9,10);4H,3H2,1-2H3;5H,1-4H2;1,3H;;;/q;;;;;2*+1;-1/p-1. The Balaban J connectivity index is -0.000000153. The van der Waals surface area contributed by atoms with Gasteiger partial charge in [0.2, 0.25) is 0 Å². The number of nitrogens with zero attached hydrogens (tertiary/aromatic N) is 2. The monoisotopic (exact) mass is 753 g/mol. The van der Waals surface area contributed by atoms with Crippen LogP contribution in [0.1, 0.15) is 36.0 Å². The molecule has 3 aliphatic heterocycles. The van der Waals surface area contributed by atoms with E-state index < -0.39 is 5.97 Å². The van der Waals surface area contributed by atoms with Crippen molar-refractivity contribution in [3.8, 4) is 0 Å². The van der Waals surface area contributed by atoms with E-state index in [1.54, 1.807) is 20.8 Å². The Morgan fingerprint density at radius 1 is 0.841 bits per heavy atom. The zero-order valence-electron chi connectivity index (χ0n) is 28.4. The molecule has 3 saturated heterocycles. The summed E-state index contributed by atoms with van der Waals surface area (Å²) >= 11 is 3.07. The molecular weight excluding hydrogens is 704 g/mol. The minimum atomic E-state index is -0.758. The summed E-state index contributed by atoms with van der Waals surface area (Å²) < 4.78 is 24.9. The SMILES string of the molecule is C1COCCN1.CC(C(=O)O)N1CCOCC1.CCOC(=O)C(C)Br.CCOC(=O)C(C)N1CCOCC1.O=CO[O-].[H-].[K+].[K+]. The van der Waals surface area contributed by atoms with Gasteiger partial charge in [-0.2, -0.15) is 0 Å². The van der Waals surface area contributed by atoms with E-state index in [2.05, 4.69) is 35.8 Å². The van der Waals surface area contributed by atoms with Crippen LogP contribution in [0.2, 0.25) is 0 Å².